The van der Waals surface area contributed by atoms with Crippen molar-refractivity contribution >= 4 is 21.7 Å². The molecule has 0 aliphatic carbocycles. The normalized spacial score (nSPS) is 16.1. The van der Waals surface area contributed by atoms with Crippen LogP contribution in [0.25, 0.3) is 0 Å². The lowest BCUT2D eigenvalue weighted by molar-refractivity contribution is 0.477. The van der Waals surface area contributed by atoms with Crippen molar-refractivity contribution < 1.29 is 8.42 Å². The van der Waals surface area contributed by atoms with Crippen LogP contribution in [0.15, 0.2) is 64.5 Å². The van der Waals surface area contributed by atoms with Crippen molar-refractivity contribution in [1.29, 1.82) is 0 Å². The van der Waals surface area contributed by atoms with Gasteiger partial charge in [0.1, 0.15) is 0 Å². The van der Waals surface area contributed by atoms with E-state index in [1.807, 2.05) is 30.3 Å². The third kappa shape index (κ3) is 4.37. The highest BCUT2D eigenvalue weighted by Crippen LogP contribution is 2.21. The summed E-state index contributed by atoms with van der Waals surface area (Å²) >= 11 is 0. The number of nitrogens with two attached hydrogens (primary N) is 1. The summed E-state index contributed by atoms with van der Waals surface area (Å²) in [5, 5.41) is 3.01. The van der Waals surface area contributed by atoms with E-state index in [1.54, 1.807) is 28.6 Å². The maximum atomic E-state index is 12.5. The van der Waals surface area contributed by atoms with Gasteiger partial charge in [0.15, 0.2) is 5.96 Å². The molecule has 1 fully saturated rings. The number of nitrogens with zero attached hydrogens (tertiary/aromatic N) is 2. The molecule has 0 saturated carbocycles. The van der Waals surface area contributed by atoms with Crippen LogP contribution in [0.3, 0.4) is 0 Å². The van der Waals surface area contributed by atoms with Gasteiger partial charge in [0.25, 0.3) is 0 Å². The molecular formula is C18H22N4O2S. The van der Waals surface area contributed by atoms with E-state index in [1.165, 1.54) is 0 Å². The van der Waals surface area contributed by atoms with E-state index in [2.05, 4.69) is 10.3 Å². The number of para-hydroxylation sites is 1. The van der Waals surface area contributed by atoms with Crippen LogP contribution in [0.1, 0.15) is 18.4 Å². The SMILES string of the molecule is NC(=NCc1ccc(S(=O)(=O)N2CCCC2)cc1)Nc1ccccc1. The van der Waals surface area contributed by atoms with Crippen LogP contribution in [0.2, 0.25) is 0 Å². The number of hydrogen-bond acceptors (Lipinski definition) is 3. The zero-order chi connectivity index (χ0) is 17.7. The molecule has 2 aromatic carbocycles. The van der Waals surface area contributed by atoms with Crippen LogP contribution in [0.5, 0.6) is 0 Å². The third-order valence-electron chi connectivity index (χ3n) is 4.10. The number of sulfonamides is 1. The van der Waals surface area contributed by atoms with Crippen LogP contribution in [-0.2, 0) is 16.6 Å². The average molecular weight is 358 g/mol. The Kier molecular flexibility index (Phi) is 5.35. The van der Waals surface area contributed by atoms with Crippen molar-refractivity contribution in [3.05, 3.63) is 60.2 Å². The fourth-order valence-corrected chi connectivity index (χ4v) is 4.25. The fourth-order valence-electron chi connectivity index (χ4n) is 2.73. The van der Waals surface area contributed by atoms with Crippen LogP contribution in [0.4, 0.5) is 5.69 Å². The Bertz CT molecular complexity index is 827. The van der Waals surface area contributed by atoms with Gasteiger partial charge in [0.2, 0.25) is 10.0 Å². The van der Waals surface area contributed by atoms with Gasteiger partial charge >= 0.3 is 0 Å². The summed E-state index contributed by atoms with van der Waals surface area (Å²) in [6, 6.07) is 16.4. The molecule has 25 heavy (non-hydrogen) atoms. The van der Waals surface area contributed by atoms with Gasteiger partial charge in [-0.3, -0.25) is 0 Å². The van der Waals surface area contributed by atoms with Crippen molar-refractivity contribution in [1.82, 2.24) is 4.31 Å². The number of hydrogen-bond donors (Lipinski definition) is 2. The molecule has 1 aliphatic rings. The van der Waals surface area contributed by atoms with E-state index >= 15 is 0 Å². The van der Waals surface area contributed by atoms with Crippen LogP contribution in [0, 0.1) is 0 Å². The van der Waals surface area contributed by atoms with E-state index in [0.717, 1.165) is 24.1 Å². The Balaban J connectivity index is 1.63. The first-order chi connectivity index (χ1) is 12.1. The van der Waals surface area contributed by atoms with Crippen molar-refractivity contribution in [2.45, 2.75) is 24.3 Å². The lowest BCUT2D eigenvalue weighted by Crippen LogP contribution is -2.27. The second-order valence-corrected chi connectivity index (χ2v) is 7.89. The van der Waals surface area contributed by atoms with Gasteiger partial charge in [-0.15, -0.1) is 0 Å². The maximum Gasteiger partial charge on any atom is 0.243 e. The minimum atomic E-state index is -3.37. The van der Waals surface area contributed by atoms with Gasteiger partial charge in [0.05, 0.1) is 11.4 Å². The number of rotatable bonds is 5. The van der Waals surface area contributed by atoms with E-state index < -0.39 is 10.0 Å². The molecule has 7 heteroatoms. The number of guanidine groups is 1. The minimum Gasteiger partial charge on any atom is -0.370 e. The van der Waals surface area contributed by atoms with Crippen molar-refractivity contribution in [2.24, 2.45) is 10.7 Å². The molecule has 1 aliphatic heterocycles. The number of anilines is 1. The summed E-state index contributed by atoms with van der Waals surface area (Å²) < 4.78 is 26.5. The summed E-state index contributed by atoms with van der Waals surface area (Å²) in [4.78, 5) is 4.61. The van der Waals surface area contributed by atoms with Crippen molar-refractivity contribution in [3.63, 3.8) is 0 Å². The molecule has 1 heterocycles. The second kappa shape index (κ2) is 7.67. The Labute approximate surface area is 148 Å². The van der Waals surface area contributed by atoms with Crippen LogP contribution in [-0.4, -0.2) is 31.8 Å². The third-order valence-corrected chi connectivity index (χ3v) is 6.02. The summed E-state index contributed by atoms with van der Waals surface area (Å²) in [6.45, 7) is 1.60. The molecule has 0 atom stereocenters. The largest absolute Gasteiger partial charge is 0.370 e. The maximum absolute atomic E-state index is 12.5. The zero-order valence-electron chi connectivity index (χ0n) is 13.9. The molecule has 132 valence electrons. The van der Waals surface area contributed by atoms with Gasteiger partial charge < -0.3 is 11.1 Å². The summed E-state index contributed by atoms with van der Waals surface area (Å²) in [6.07, 6.45) is 1.86. The molecule has 0 radical (unpaired) electrons. The molecule has 3 rings (SSSR count). The first-order valence-electron chi connectivity index (χ1n) is 8.27. The number of benzene rings is 2. The molecule has 3 N–H and O–H groups in total. The Morgan fingerprint density at radius 2 is 1.68 bits per heavy atom. The standard InChI is InChI=1S/C18H22N4O2S/c19-18(21-16-6-2-1-3-7-16)20-14-15-8-10-17(11-9-15)25(23,24)22-12-4-5-13-22/h1-3,6-11H,4-5,12-14H2,(H3,19,20,21). The lowest BCUT2D eigenvalue weighted by atomic mass is 10.2. The predicted molar refractivity (Wildman–Crippen MR) is 99.8 cm³/mol. The lowest BCUT2D eigenvalue weighted by Gasteiger charge is -2.15. The number of nitrogens with one attached hydrogen (secondary N) is 1. The van der Waals surface area contributed by atoms with Gasteiger partial charge in [-0.05, 0) is 42.7 Å². The smallest absolute Gasteiger partial charge is 0.243 e. The summed E-state index contributed by atoms with van der Waals surface area (Å²) in [5.41, 5.74) is 7.64. The quantitative estimate of drug-likeness (QED) is 0.635. The highest BCUT2D eigenvalue weighted by molar-refractivity contribution is 7.89. The van der Waals surface area contributed by atoms with Gasteiger partial charge in [-0.25, -0.2) is 13.4 Å². The summed E-state index contributed by atoms with van der Waals surface area (Å²) in [5.74, 6) is 0.319. The zero-order valence-corrected chi connectivity index (χ0v) is 14.7. The molecule has 6 nitrogen and oxygen atoms in total. The molecule has 0 unspecified atom stereocenters. The highest BCUT2D eigenvalue weighted by atomic mass is 32.2. The highest BCUT2D eigenvalue weighted by Gasteiger charge is 2.26. The summed E-state index contributed by atoms with van der Waals surface area (Å²) in [7, 11) is -3.37. The monoisotopic (exact) mass is 358 g/mol. The minimum absolute atomic E-state index is 0.319. The van der Waals surface area contributed by atoms with E-state index in [9.17, 15) is 8.42 Å². The van der Waals surface area contributed by atoms with Crippen LogP contribution >= 0.6 is 0 Å². The predicted octanol–water partition coefficient (Wildman–Crippen LogP) is 2.40. The van der Waals surface area contributed by atoms with Gasteiger partial charge in [0, 0.05) is 18.8 Å². The Hall–Kier alpha value is -2.38. The van der Waals surface area contributed by atoms with E-state index in [-0.39, 0.29) is 0 Å². The molecule has 0 bridgehead atoms. The molecule has 1 saturated heterocycles. The van der Waals surface area contributed by atoms with E-state index in [4.69, 9.17) is 5.73 Å². The van der Waals surface area contributed by atoms with Crippen molar-refractivity contribution in [3.8, 4) is 0 Å². The average Bonchev–Trinajstić information content (AvgIpc) is 3.17. The molecule has 0 aromatic heterocycles. The Morgan fingerprint density at radius 3 is 2.32 bits per heavy atom. The van der Waals surface area contributed by atoms with Gasteiger partial charge in [-0.2, -0.15) is 4.31 Å². The van der Waals surface area contributed by atoms with Crippen molar-refractivity contribution in [2.75, 3.05) is 18.4 Å². The topological polar surface area (TPSA) is 87.8 Å². The molecule has 0 spiro atoms. The Morgan fingerprint density at radius 1 is 1.04 bits per heavy atom. The van der Waals surface area contributed by atoms with Gasteiger partial charge in [-0.1, -0.05) is 30.3 Å². The first-order valence-corrected chi connectivity index (χ1v) is 9.71. The van der Waals surface area contributed by atoms with E-state index in [0.29, 0.717) is 30.5 Å². The molecule has 0 amide bonds. The molecule has 2 aromatic rings. The number of aliphatic imine (C=N–C) groups is 1. The fraction of sp³-hybridized carbons (Fsp3) is 0.278. The first kappa shape index (κ1) is 17.4. The second-order valence-electron chi connectivity index (χ2n) is 5.95. The molecular weight excluding hydrogens is 336 g/mol. The van der Waals surface area contributed by atoms with Crippen LogP contribution < -0.4 is 11.1 Å².